The Kier molecular flexibility index (Phi) is 8.78. The number of aryl methyl sites for hydroxylation is 1. The highest BCUT2D eigenvalue weighted by Gasteiger charge is 2.20. The van der Waals surface area contributed by atoms with Crippen molar-refractivity contribution >= 4 is 50.9 Å². The van der Waals surface area contributed by atoms with Gasteiger partial charge in [0.2, 0.25) is 5.91 Å². The van der Waals surface area contributed by atoms with E-state index in [-0.39, 0.29) is 17.8 Å². The molecule has 0 aliphatic carbocycles. The van der Waals surface area contributed by atoms with Gasteiger partial charge in [0.05, 0.1) is 16.5 Å². The van der Waals surface area contributed by atoms with Gasteiger partial charge in [-0.3, -0.25) is 9.36 Å². The molecule has 0 saturated heterocycles. The SMILES string of the molecule is C=CCn1c(SCC(=O)Nc2ccc(Br)cc2Cl)nnc1C(C)Oc1ccc(CC)cc1. The number of hydrogen-bond donors (Lipinski definition) is 1. The van der Waals surface area contributed by atoms with Crippen LogP contribution in [0.15, 0.2) is 64.7 Å². The van der Waals surface area contributed by atoms with Crippen molar-refractivity contribution in [1.82, 2.24) is 14.8 Å². The van der Waals surface area contributed by atoms with E-state index >= 15 is 0 Å². The van der Waals surface area contributed by atoms with Gasteiger partial charge in [0.1, 0.15) is 5.75 Å². The van der Waals surface area contributed by atoms with E-state index < -0.39 is 0 Å². The monoisotopic (exact) mass is 534 g/mol. The molecule has 0 saturated carbocycles. The first-order valence-electron chi connectivity index (χ1n) is 10.1. The van der Waals surface area contributed by atoms with Crippen molar-refractivity contribution in [3.05, 3.63) is 76.0 Å². The molecule has 9 heteroatoms. The van der Waals surface area contributed by atoms with E-state index in [9.17, 15) is 4.79 Å². The van der Waals surface area contributed by atoms with Crippen LogP contribution in [0.1, 0.15) is 31.3 Å². The summed E-state index contributed by atoms with van der Waals surface area (Å²) in [5.74, 6) is 1.41. The Hall–Kier alpha value is -2.29. The maximum atomic E-state index is 12.4. The summed E-state index contributed by atoms with van der Waals surface area (Å²) in [7, 11) is 0. The fourth-order valence-corrected chi connectivity index (χ4v) is 4.45. The lowest BCUT2D eigenvalue weighted by Crippen LogP contribution is -2.15. The Morgan fingerprint density at radius 2 is 2.06 bits per heavy atom. The normalized spacial score (nSPS) is 11.8. The lowest BCUT2D eigenvalue weighted by molar-refractivity contribution is -0.113. The summed E-state index contributed by atoms with van der Waals surface area (Å²) in [4.78, 5) is 12.4. The number of nitrogens with zero attached hydrogens (tertiary/aromatic N) is 3. The standard InChI is InChI=1S/C23H24BrClN4O2S/c1-4-12-29-22(15(3)31-18-9-6-16(5-2)7-10-18)27-28-23(29)32-14-21(30)26-20-11-8-17(24)13-19(20)25/h4,6-11,13,15H,1,5,12,14H2,2-3H3,(H,26,30). The number of hydrogen-bond acceptors (Lipinski definition) is 5. The van der Waals surface area contributed by atoms with Crippen LogP contribution in [0, 0.1) is 0 Å². The second kappa shape index (κ2) is 11.5. The van der Waals surface area contributed by atoms with Crippen LogP contribution in [0.3, 0.4) is 0 Å². The minimum Gasteiger partial charge on any atom is -0.483 e. The Morgan fingerprint density at radius 1 is 1.31 bits per heavy atom. The Labute approximate surface area is 205 Å². The molecule has 168 valence electrons. The van der Waals surface area contributed by atoms with E-state index in [1.807, 2.05) is 41.8 Å². The summed E-state index contributed by atoms with van der Waals surface area (Å²) >= 11 is 10.8. The molecule has 1 N–H and O–H groups in total. The number of halogens is 2. The van der Waals surface area contributed by atoms with Crippen LogP contribution in [0.2, 0.25) is 5.02 Å². The van der Waals surface area contributed by atoms with E-state index in [1.54, 1.807) is 18.2 Å². The number of carbonyl (C=O) groups excluding carboxylic acids is 1. The predicted molar refractivity (Wildman–Crippen MR) is 134 cm³/mol. The topological polar surface area (TPSA) is 69.0 Å². The number of anilines is 1. The number of allylic oxidation sites excluding steroid dienone is 1. The lowest BCUT2D eigenvalue weighted by Gasteiger charge is -2.16. The summed E-state index contributed by atoms with van der Waals surface area (Å²) in [5.41, 5.74) is 1.81. The van der Waals surface area contributed by atoms with Crippen molar-refractivity contribution in [3.8, 4) is 5.75 Å². The Balaban J connectivity index is 1.66. The third-order valence-corrected chi connectivity index (χ3v) is 6.38. The molecule has 0 spiro atoms. The van der Waals surface area contributed by atoms with Gasteiger partial charge in [-0.05, 0) is 49.2 Å². The first kappa shape index (κ1) is 24.4. The summed E-state index contributed by atoms with van der Waals surface area (Å²) in [6.07, 6.45) is 2.42. The summed E-state index contributed by atoms with van der Waals surface area (Å²) in [6.45, 7) is 8.37. The van der Waals surface area contributed by atoms with Gasteiger partial charge in [-0.2, -0.15) is 0 Å². The molecule has 1 heterocycles. The maximum absolute atomic E-state index is 12.4. The van der Waals surface area contributed by atoms with E-state index in [0.29, 0.717) is 28.2 Å². The molecule has 0 aliphatic heterocycles. The first-order chi connectivity index (χ1) is 15.4. The number of rotatable bonds is 10. The molecule has 1 unspecified atom stereocenters. The Bertz CT molecular complexity index is 1090. The van der Waals surface area contributed by atoms with E-state index in [4.69, 9.17) is 16.3 Å². The highest BCUT2D eigenvalue weighted by atomic mass is 79.9. The van der Waals surface area contributed by atoms with Crippen molar-refractivity contribution in [2.24, 2.45) is 0 Å². The van der Waals surface area contributed by atoms with Crippen molar-refractivity contribution in [2.75, 3.05) is 11.1 Å². The van der Waals surface area contributed by atoms with Crippen molar-refractivity contribution in [2.45, 2.75) is 38.1 Å². The van der Waals surface area contributed by atoms with Gasteiger partial charge in [0, 0.05) is 11.0 Å². The second-order valence-corrected chi connectivity index (χ2v) is 9.22. The van der Waals surface area contributed by atoms with Gasteiger partial charge in [0.25, 0.3) is 0 Å². The van der Waals surface area contributed by atoms with Crippen LogP contribution in [0.4, 0.5) is 5.69 Å². The largest absolute Gasteiger partial charge is 0.483 e. The second-order valence-electron chi connectivity index (χ2n) is 6.96. The lowest BCUT2D eigenvalue weighted by atomic mass is 10.2. The molecule has 0 bridgehead atoms. The number of benzene rings is 2. The van der Waals surface area contributed by atoms with Gasteiger partial charge in [-0.1, -0.05) is 64.4 Å². The third kappa shape index (κ3) is 6.37. The molecule has 0 aliphatic rings. The number of nitrogens with one attached hydrogen (secondary N) is 1. The van der Waals surface area contributed by atoms with Gasteiger partial charge in [-0.15, -0.1) is 16.8 Å². The first-order valence-corrected chi connectivity index (χ1v) is 12.2. The maximum Gasteiger partial charge on any atom is 0.234 e. The van der Waals surface area contributed by atoms with Gasteiger partial charge in [-0.25, -0.2) is 0 Å². The average molecular weight is 536 g/mol. The highest BCUT2D eigenvalue weighted by Crippen LogP contribution is 2.27. The van der Waals surface area contributed by atoms with E-state index in [1.165, 1.54) is 17.3 Å². The van der Waals surface area contributed by atoms with Gasteiger partial charge in [0.15, 0.2) is 17.1 Å². The van der Waals surface area contributed by atoms with Crippen LogP contribution in [0.5, 0.6) is 5.75 Å². The van der Waals surface area contributed by atoms with Crippen LogP contribution in [0.25, 0.3) is 0 Å². The van der Waals surface area contributed by atoms with Crippen molar-refractivity contribution in [1.29, 1.82) is 0 Å². The molecule has 3 aromatic rings. The molecular formula is C23H24BrClN4O2S. The molecule has 3 rings (SSSR count). The number of thioether (sulfide) groups is 1. The number of aromatic nitrogens is 3. The van der Waals surface area contributed by atoms with Gasteiger partial charge < -0.3 is 10.1 Å². The fraction of sp³-hybridized carbons (Fsp3) is 0.261. The molecule has 6 nitrogen and oxygen atoms in total. The fourth-order valence-electron chi connectivity index (χ4n) is 2.98. The van der Waals surface area contributed by atoms with Crippen LogP contribution < -0.4 is 10.1 Å². The summed E-state index contributed by atoms with van der Waals surface area (Å²) in [6, 6.07) is 13.3. The van der Waals surface area contributed by atoms with Crippen molar-refractivity contribution < 1.29 is 9.53 Å². The molecule has 1 amide bonds. The summed E-state index contributed by atoms with van der Waals surface area (Å²) < 4.78 is 8.81. The zero-order chi connectivity index (χ0) is 23.1. The zero-order valence-corrected chi connectivity index (χ0v) is 21.0. The average Bonchev–Trinajstić information content (AvgIpc) is 3.18. The number of amides is 1. The molecule has 0 radical (unpaired) electrons. The third-order valence-electron chi connectivity index (χ3n) is 4.60. The Morgan fingerprint density at radius 3 is 2.72 bits per heavy atom. The minimum absolute atomic E-state index is 0.162. The van der Waals surface area contributed by atoms with Crippen molar-refractivity contribution in [3.63, 3.8) is 0 Å². The highest BCUT2D eigenvalue weighted by molar-refractivity contribution is 9.10. The van der Waals surface area contributed by atoms with Crippen LogP contribution >= 0.6 is 39.3 Å². The minimum atomic E-state index is -0.320. The van der Waals surface area contributed by atoms with E-state index in [0.717, 1.165) is 16.6 Å². The smallest absolute Gasteiger partial charge is 0.234 e. The molecule has 2 aromatic carbocycles. The molecule has 0 fully saturated rings. The number of carbonyl (C=O) groups is 1. The zero-order valence-electron chi connectivity index (χ0n) is 17.8. The van der Waals surface area contributed by atoms with Crippen LogP contribution in [-0.4, -0.2) is 26.4 Å². The van der Waals surface area contributed by atoms with Crippen LogP contribution in [-0.2, 0) is 17.8 Å². The molecule has 1 atom stereocenters. The molecule has 32 heavy (non-hydrogen) atoms. The quantitative estimate of drug-likeness (QED) is 0.243. The predicted octanol–water partition coefficient (Wildman–Crippen LogP) is 6.31. The number of ether oxygens (including phenoxy) is 1. The summed E-state index contributed by atoms with van der Waals surface area (Å²) in [5, 5.41) is 12.5. The molecular weight excluding hydrogens is 512 g/mol. The van der Waals surface area contributed by atoms with E-state index in [2.05, 4.69) is 44.9 Å². The van der Waals surface area contributed by atoms with Gasteiger partial charge >= 0.3 is 0 Å². The molecule has 1 aromatic heterocycles.